The Morgan fingerprint density at radius 2 is 2.10 bits per heavy atom. The Morgan fingerprint density at radius 1 is 1.40 bits per heavy atom. The first-order valence-corrected chi connectivity index (χ1v) is 3.09. The third-order valence-corrected chi connectivity index (χ3v) is 1.11. The molecule has 1 atom stereocenters. The molecule has 4 nitrogen and oxygen atoms in total. The Morgan fingerprint density at radius 3 is 2.50 bits per heavy atom. The Bertz CT molecular complexity index is 106. The van der Waals surface area contributed by atoms with Gasteiger partial charge in [0.25, 0.3) is 12.9 Å². The van der Waals surface area contributed by atoms with Crippen molar-refractivity contribution in [2.75, 3.05) is 12.5 Å². The van der Waals surface area contributed by atoms with Crippen LogP contribution >= 0.6 is 11.6 Å². The van der Waals surface area contributed by atoms with Crippen LogP contribution in [0.2, 0.25) is 0 Å². The van der Waals surface area contributed by atoms with E-state index >= 15 is 0 Å². The van der Waals surface area contributed by atoms with Gasteiger partial charge in [-0.05, 0) is 0 Å². The van der Waals surface area contributed by atoms with E-state index < -0.39 is 6.10 Å². The van der Waals surface area contributed by atoms with Crippen molar-refractivity contribution in [3.05, 3.63) is 0 Å². The van der Waals surface area contributed by atoms with Crippen LogP contribution in [0.3, 0.4) is 0 Å². The maximum Gasteiger partial charge on any atom is 0.293 e. The predicted octanol–water partition coefficient (Wildman–Crippen LogP) is -0.0602. The van der Waals surface area contributed by atoms with Crippen LogP contribution in [-0.4, -0.2) is 31.5 Å². The molecular formula is C5H7ClO4. The second kappa shape index (κ2) is 6.35. The molecular weight excluding hydrogens is 160 g/mol. The van der Waals surface area contributed by atoms with Crippen molar-refractivity contribution in [3.63, 3.8) is 0 Å². The zero-order chi connectivity index (χ0) is 7.82. The number of hydrogen-bond acceptors (Lipinski definition) is 4. The Kier molecular flexibility index (Phi) is 5.86. The third-order valence-electron chi connectivity index (χ3n) is 0.770. The molecule has 0 heterocycles. The first-order valence-electron chi connectivity index (χ1n) is 2.55. The minimum atomic E-state index is -0.538. The van der Waals surface area contributed by atoms with Gasteiger partial charge in [-0.2, -0.15) is 0 Å². The third kappa shape index (κ3) is 4.14. The molecule has 0 aliphatic rings. The number of alkyl halides is 1. The molecule has 0 spiro atoms. The highest BCUT2D eigenvalue weighted by atomic mass is 35.5. The number of carbonyl (C=O) groups is 2. The Labute approximate surface area is 63.1 Å². The number of halogens is 1. The van der Waals surface area contributed by atoms with Crippen molar-refractivity contribution in [2.45, 2.75) is 6.10 Å². The first kappa shape index (κ1) is 9.23. The molecule has 0 rings (SSSR count). The van der Waals surface area contributed by atoms with Gasteiger partial charge in [0.1, 0.15) is 12.7 Å². The average Bonchev–Trinajstić information content (AvgIpc) is 1.98. The van der Waals surface area contributed by atoms with E-state index in [1.54, 1.807) is 0 Å². The highest BCUT2D eigenvalue weighted by Gasteiger charge is 2.06. The number of carbonyl (C=O) groups excluding carboxylic acids is 2. The van der Waals surface area contributed by atoms with E-state index in [1.165, 1.54) is 0 Å². The monoisotopic (exact) mass is 166 g/mol. The molecule has 0 amide bonds. The first-order chi connectivity index (χ1) is 4.85. The average molecular weight is 167 g/mol. The lowest BCUT2D eigenvalue weighted by atomic mass is 10.4. The molecule has 0 N–H and O–H groups in total. The maximum atomic E-state index is 9.71. The minimum Gasteiger partial charge on any atom is -0.464 e. The summed E-state index contributed by atoms with van der Waals surface area (Å²) in [5, 5.41) is 0. The molecule has 0 aromatic rings. The molecule has 10 heavy (non-hydrogen) atoms. The van der Waals surface area contributed by atoms with E-state index in [9.17, 15) is 9.59 Å². The molecule has 0 aromatic heterocycles. The van der Waals surface area contributed by atoms with Gasteiger partial charge in [-0.25, -0.2) is 0 Å². The molecule has 5 heteroatoms. The summed E-state index contributed by atoms with van der Waals surface area (Å²) in [5.74, 6) is 0.118. The molecule has 0 unspecified atom stereocenters. The minimum absolute atomic E-state index is 0.00569. The van der Waals surface area contributed by atoms with Gasteiger partial charge in [0.2, 0.25) is 0 Å². The van der Waals surface area contributed by atoms with Crippen molar-refractivity contribution in [2.24, 2.45) is 0 Å². The summed E-state index contributed by atoms with van der Waals surface area (Å²) in [4.78, 5) is 19.3. The van der Waals surface area contributed by atoms with Crippen LogP contribution < -0.4 is 0 Å². The fourth-order valence-electron chi connectivity index (χ4n) is 0.345. The topological polar surface area (TPSA) is 52.6 Å². The van der Waals surface area contributed by atoms with Crippen molar-refractivity contribution < 1.29 is 19.1 Å². The molecule has 0 bridgehead atoms. The van der Waals surface area contributed by atoms with Crippen LogP contribution in [0.25, 0.3) is 0 Å². The molecule has 0 saturated carbocycles. The number of ether oxygens (including phenoxy) is 2. The Hall–Kier alpha value is -0.770. The van der Waals surface area contributed by atoms with Crippen molar-refractivity contribution in [3.8, 4) is 0 Å². The lowest BCUT2D eigenvalue weighted by Crippen LogP contribution is -2.20. The SMILES string of the molecule is O=COC[C@@H](CCl)OC=O. The van der Waals surface area contributed by atoms with E-state index in [4.69, 9.17) is 11.6 Å². The van der Waals surface area contributed by atoms with Gasteiger partial charge in [-0.1, -0.05) is 0 Å². The molecule has 0 saturated heterocycles. The van der Waals surface area contributed by atoms with Crippen molar-refractivity contribution in [1.82, 2.24) is 0 Å². The number of hydrogen-bond donors (Lipinski definition) is 0. The predicted molar refractivity (Wildman–Crippen MR) is 33.7 cm³/mol. The van der Waals surface area contributed by atoms with Crippen molar-refractivity contribution >= 4 is 24.5 Å². The van der Waals surface area contributed by atoms with Crippen LogP contribution in [0.4, 0.5) is 0 Å². The second-order valence-electron chi connectivity index (χ2n) is 1.44. The quantitative estimate of drug-likeness (QED) is 0.410. The highest BCUT2D eigenvalue weighted by molar-refractivity contribution is 6.18. The van der Waals surface area contributed by atoms with Crippen LogP contribution in [0.15, 0.2) is 0 Å². The lowest BCUT2D eigenvalue weighted by molar-refractivity contribution is -0.141. The second-order valence-corrected chi connectivity index (χ2v) is 1.75. The fraction of sp³-hybridized carbons (Fsp3) is 0.600. The Balaban J connectivity index is 3.38. The molecule has 0 aromatic carbocycles. The largest absolute Gasteiger partial charge is 0.464 e. The van der Waals surface area contributed by atoms with E-state index in [2.05, 4.69) is 9.47 Å². The van der Waals surface area contributed by atoms with E-state index in [1.807, 2.05) is 0 Å². The summed E-state index contributed by atoms with van der Waals surface area (Å²) < 4.78 is 8.69. The van der Waals surface area contributed by atoms with E-state index in [0.717, 1.165) is 0 Å². The van der Waals surface area contributed by atoms with E-state index in [0.29, 0.717) is 0 Å². The lowest BCUT2D eigenvalue weighted by Gasteiger charge is -2.08. The van der Waals surface area contributed by atoms with Gasteiger partial charge in [-0.15, -0.1) is 11.6 Å². The standard InChI is InChI=1S/C5H7ClO4/c6-1-5(10-4-8)2-9-3-7/h3-5H,1-2H2/t5-/m1/s1. The summed E-state index contributed by atoms with van der Waals surface area (Å²) in [6, 6.07) is 0. The summed E-state index contributed by atoms with van der Waals surface area (Å²) in [5.41, 5.74) is 0. The molecule has 0 aliphatic carbocycles. The fourth-order valence-corrected chi connectivity index (χ4v) is 0.507. The van der Waals surface area contributed by atoms with Crippen LogP contribution in [-0.2, 0) is 19.1 Å². The van der Waals surface area contributed by atoms with Crippen molar-refractivity contribution in [1.29, 1.82) is 0 Å². The van der Waals surface area contributed by atoms with Crippen LogP contribution in [0.5, 0.6) is 0 Å². The summed E-state index contributed by atoms with van der Waals surface area (Å²) in [6.07, 6.45) is -0.538. The molecule has 0 fully saturated rings. The maximum absolute atomic E-state index is 9.71. The van der Waals surface area contributed by atoms with Crippen LogP contribution in [0.1, 0.15) is 0 Å². The van der Waals surface area contributed by atoms with Gasteiger partial charge in [0.05, 0.1) is 5.88 Å². The van der Waals surface area contributed by atoms with Gasteiger partial charge in [0.15, 0.2) is 0 Å². The zero-order valence-corrected chi connectivity index (χ0v) is 5.91. The van der Waals surface area contributed by atoms with Gasteiger partial charge in [0, 0.05) is 0 Å². The molecule has 0 aliphatic heterocycles. The summed E-state index contributed by atoms with van der Waals surface area (Å²) in [7, 11) is 0. The zero-order valence-electron chi connectivity index (χ0n) is 5.16. The van der Waals surface area contributed by atoms with Crippen LogP contribution in [0, 0.1) is 0 Å². The smallest absolute Gasteiger partial charge is 0.293 e. The normalized spacial score (nSPS) is 11.7. The van der Waals surface area contributed by atoms with Gasteiger partial charge >= 0.3 is 0 Å². The van der Waals surface area contributed by atoms with Gasteiger partial charge < -0.3 is 9.47 Å². The van der Waals surface area contributed by atoms with Gasteiger partial charge in [-0.3, -0.25) is 9.59 Å². The molecule has 58 valence electrons. The summed E-state index contributed by atoms with van der Waals surface area (Å²) >= 11 is 5.30. The number of rotatable bonds is 6. The van der Waals surface area contributed by atoms with E-state index in [-0.39, 0.29) is 25.4 Å². The molecule has 0 radical (unpaired) electrons. The summed E-state index contributed by atoms with van der Waals surface area (Å²) in [6.45, 7) is 0.542. The highest BCUT2D eigenvalue weighted by Crippen LogP contribution is 1.93.